The van der Waals surface area contributed by atoms with Crippen molar-refractivity contribution in [3.8, 4) is 5.75 Å². The fourth-order valence-corrected chi connectivity index (χ4v) is 3.77. The van der Waals surface area contributed by atoms with Gasteiger partial charge in [-0.2, -0.15) is 4.98 Å². The summed E-state index contributed by atoms with van der Waals surface area (Å²) >= 11 is 0. The Balaban J connectivity index is 1.57. The average molecular weight is 342 g/mol. The number of ether oxygens (including phenoxy) is 1. The molecule has 134 valence electrons. The van der Waals surface area contributed by atoms with E-state index in [-0.39, 0.29) is 6.04 Å². The lowest BCUT2D eigenvalue weighted by Gasteiger charge is -2.33. The first kappa shape index (κ1) is 16.5. The van der Waals surface area contributed by atoms with Crippen molar-refractivity contribution < 1.29 is 9.26 Å². The van der Waals surface area contributed by atoms with Crippen LogP contribution in [0.25, 0.3) is 0 Å². The smallest absolute Gasteiger partial charge is 0.244 e. The Morgan fingerprint density at radius 2 is 2.08 bits per heavy atom. The summed E-state index contributed by atoms with van der Waals surface area (Å²) in [4.78, 5) is 11.8. The molecule has 6 heteroatoms. The third-order valence-electron chi connectivity index (χ3n) is 5.40. The highest BCUT2D eigenvalue weighted by Crippen LogP contribution is 2.40. The molecule has 0 N–H and O–H groups in total. The summed E-state index contributed by atoms with van der Waals surface area (Å²) in [6, 6.07) is 0.197. The Labute approximate surface area is 148 Å². The van der Waals surface area contributed by atoms with E-state index in [4.69, 9.17) is 14.2 Å². The fourth-order valence-electron chi connectivity index (χ4n) is 3.77. The van der Waals surface area contributed by atoms with E-state index in [1.807, 2.05) is 13.1 Å². The Kier molecular flexibility index (Phi) is 4.46. The van der Waals surface area contributed by atoms with Crippen molar-refractivity contribution >= 4 is 0 Å². The molecule has 0 aromatic carbocycles. The maximum absolute atomic E-state index is 5.62. The van der Waals surface area contributed by atoms with Crippen LogP contribution in [0.1, 0.15) is 72.6 Å². The van der Waals surface area contributed by atoms with E-state index in [1.165, 1.54) is 25.7 Å². The van der Waals surface area contributed by atoms with Crippen LogP contribution in [0.3, 0.4) is 0 Å². The van der Waals surface area contributed by atoms with Gasteiger partial charge in [0.2, 0.25) is 5.89 Å². The van der Waals surface area contributed by atoms with Crippen molar-refractivity contribution in [3.05, 3.63) is 34.7 Å². The van der Waals surface area contributed by atoms with Crippen molar-refractivity contribution in [1.29, 1.82) is 0 Å². The van der Waals surface area contributed by atoms with Crippen LogP contribution in [0.2, 0.25) is 0 Å². The van der Waals surface area contributed by atoms with Gasteiger partial charge in [-0.1, -0.05) is 11.6 Å². The first-order valence-corrected chi connectivity index (χ1v) is 9.24. The number of aromatic nitrogens is 3. The Bertz CT molecular complexity index is 754. The summed E-state index contributed by atoms with van der Waals surface area (Å²) in [7, 11) is 1.72. The zero-order chi connectivity index (χ0) is 17.4. The Morgan fingerprint density at radius 3 is 2.84 bits per heavy atom. The molecule has 2 aromatic rings. The van der Waals surface area contributed by atoms with E-state index in [1.54, 1.807) is 7.11 Å². The molecule has 6 nitrogen and oxygen atoms in total. The minimum atomic E-state index is 0.197. The predicted octanol–water partition coefficient (Wildman–Crippen LogP) is 3.69. The third kappa shape index (κ3) is 3.27. The van der Waals surface area contributed by atoms with Gasteiger partial charge in [-0.25, -0.2) is 0 Å². The summed E-state index contributed by atoms with van der Waals surface area (Å²) in [5, 5.41) is 4.20. The molecule has 4 rings (SSSR count). The van der Waals surface area contributed by atoms with E-state index in [0.29, 0.717) is 5.92 Å². The molecular formula is C19H26N4O2. The van der Waals surface area contributed by atoms with Gasteiger partial charge >= 0.3 is 0 Å². The first-order chi connectivity index (χ1) is 12.2. The number of pyridine rings is 1. The Hall–Kier alpha value is -1.95. The minimum Gasteiger partial charge on any atom is -0.496 e. The van der Waals surface area contributed by atoms with Gasteiger partial charge in [0.1, 0.15) is 5.75 Å². The lowest BCUT2D eigenvalue weighted by molar-refractivity contribution is 0.110. The zero-order valence-electron chi connectivity index (χ0n) is 15.3. The molecule has 25 heavy (non-hydrogen) atoms. The largest absolute Gasteiger partial charge is 0.496 e. The average Bonchev–Trinajstić information content (AvgIpc) is 3.36. The third-order valence-corrected chi connectivity index (χ3v) is 5.40. The van der Waals surface area contributed by atoms with Gasteiger partial charge in [-0.15, -0.1) is 0 Å². The molecule has 0 amide bonds. The van der Waals surface area contributed by atoms with Crippen molar-refractivity contribution in [3.63, 3.8) is 0 Å². The number of rotatable bonds is 5. The van der Waals surface area contributed by atoms with Gasteiger partial charge in [0.25, 0.3) is 0 Å². The molecule has 1 atom stereocenters. The molecular weight excluding hydrogens is 316 g/mol. The maximum Gasteiger partial charge on any atom is 0.244 e. The fraction of sp³-hybridized carbons (Fsp3) is 0.632. The van der Waals surface area contributed by atoms with Crippen LogP contribution in [0.4, 0.5) is 0 Å². The number of piperidine rings is 1. The van der Waals surface area contributed by atoms with Crippen molar-refractivity contribution in [1.82, 2.24) is 20.0 Å². The second-order valence-corrected chi connectivity index (χ2v) is 7.29. The number of hydrogen-bond acceptors (Lipinski definition) is 6. The topological polar surface area (TPSA) is 64.3 Å². The van der Waals surface area contributed by atoms with E-state index in [0.717, 1.165) is 53.8 Å². The summed E-state index contributed by atoms with van der Waals surface area (Å²) in [6.07, 6.45) is 7.75. The second-order valence-electron chi connectivity index (χ2n) is 7.29. The van der Waals surface area contributed by atoms with Crippen LogP contribution in [0, 0.1) is 13.8 Å². The van der Waals surface area contributed by atoms with Crippen molar-refractivity contribution in [2.75, 3.05) is 13.7 Å². The van der Waals surface area contributed by atoms with E-state index in [2.05, 4.69) is 22.0 Å². The minimum absolute atomic E-state index is 0.197. The van der Waals surface area contributed by atoms with Gasteiger partial charge in [0, 0.05) is 29.8 Å². The van der Waals surface area contributed by atoms with Crippen LogP contribution in [-0.2, 0) is 6.54 Å². The van der Waals surface area contributed by atoms with Crippen molar-refractivity contribution in [2.24, 2.45) is 0 Å². The summed E-state index contributed by atoms with van der Waals surface area (Å²) in [5.74, 6) is 3.14. The highest BCUT2D eigenvalue weighted by atomic mass is 16.5. The van der Waals surface area contributed by atoms with Crippen LogP contribution in [0.5, 0.6) is 5.75 Å². The molecule has 1 unspecified atom stereocenters. The van der Waals surface area contributed by atoms with E-state index < -0.39 is 0 Å². The SMILES string of the molecule is COc1c(C)cnc(CN2CCCCC2c2nc(C3CC3)no2)c1C. The van der Waals surface area contributed by atoms with Gasteiger partial charge in [-0.05, 0) is 46.1 Å². The Morgan fingerprint density at radius 1 is 1.24 bits per heavy atom. The lowest BCUT2D eigenvalue weighted by atomic mass is 10.0. The molecule has 1 aliphatic carbocycles. The van der Waals surface area contributed by atoms with E-state index in [9.17, 15) is 0 Å². The second kappa shape index (κ2) is 6.75. The van der Waals surface area contributed by atoms with Crippen LogP contribution in [0.15, 0.2) is 10.7 Å². The molecule has 1 saturated heterocycles. The molecule has 0 radical (unpaired) electrons. The number of likely N-dealkylation sites (tertiary alicyclic amines) is 1. The van der Waals surface area contributed by atoms with Gasteiger partial charge < -0.3 is 9.26 Å². The predicted molar refractivity (Wildman–Crippen MR) is 93.5 cm³/mol. The van der Waals surface area contributed by atoms with E-state index >= 15 is 0 Å². The summed E-state index contributed by atoms with van der Waals surface area (Å²) in [6.45, 7) is 5.94. The molecule has 3 heterocycles. The quantitative estimate of drug-likeness (QED) is 0.825. The lowest BCUT2D eigenvalue weighted by Crippen LogP contribution is -2.33. The molecule has 2 aromatic heterocycles. The molecule has 0 bridgehead atoms. The van der Waals surface area contributed by atoms with Crippen LogP contribution in [-0.4, -0.2) is 33.7 Å². The summed E-state index contributed by atoms with van der Waals surface area (Å²) < 4.78 is 11.2. The number of hydrogen-bond donors (Lipinski definition) is 0. The zero-order valence-corrected chi connectivity index (χ0v) is 15.3. The monoisotopic (exact) mass is 342 g/mol. The molecule has 2 aliphatic rings. The van der Waals surface area contributed by atoms with Crippen LogP contribution < -0.4 is 4.74 Å². The number of aryl methyl sites for hydroxylation is 1. The first-order valence-electron chi connectivity index (χ1n) is 9.24. The summed E-state index contributed by atoms with van der Waals surface area (Å²) in [5.41, 5.74) is 3.26. The van der Waals surface area contributed by atoms with Crippen molar-refractivity contribution in [2.45, 2.75) is 64.5 Å². The molecule has 1 saturated carbocycles. The number of methoxy groups -OCH3 is 1. The van der Waals surface area contributed by atoms with Gasteiger partial charge in [-0.3, -0.25) is 9.88 Å². The molecule has 0 spiro atoms. The maximum atomic E-state index is 5.62. The van der Waals surface area contributed by atoms with Gasteiger partial charge in [0.15, 0.2) is 5.82 Å². The standard InChI is InChI=1S/C19H26N4O2/c1-12-10-20-15(13(2)17(12)24-3)11-23-9-5-4-6-16(23)19-21-18(22-25-19)14-7-8-14/h10,14,16H,4-9,11H2,1-3H3. The normalized spacial score (nSPS) is 21.5. The molecule has 1 aliphatic heterocycles. The molecule has 2 fully saturated rings. The van der Waals surface area contributed by atoms with Crippen LogP contribution >= 0.6 is 0 Å². The highest BCUT2D eigenvalue weighted by Gasteiger charge is 2.33. The highest BCUT2D eigenvalue weighted by molar-refractivity contribution is 5.41. The number of nitrogens with zero attached hydrogens (tertiary/aromatic N) is 4. The van der Waals surface area contributed by atoms with Gasteiger partial charge in [0.05, 0.1) is 18.8 Å².